The summed E-state index contributed by atoms with van der Waals surface area (Å²) in [6.07, 6.45) is 2.68. The first-order chi connectivity index (χ1) is 8.33. The number of nitrogens with one attached hydrogen (secondary N) is 1. The number of aliphatic carboxylic acids is 1. The number of carboxylic acid groups (broad SMARTS) is 1. The third-order valence-corrected chi connectivity index (χ3v) is 2.19. The maximum Gasteiger partial charge on any atom is 0.347 e. The minimum absolute atomic E-state index is 0.289. The molecule has 0 aliphatic rings. The van der Waals surface area contributed by atoms with Crippen LogP contribution in [0.5, 0.6) is 0 Å². The van der Waals surface area contributed by atoms with Crippen LogP contribution < -0.4 is 11.0 Å². The van der Waals surface area contributed by atoms with Crippen LogP contribution in [0.3, 0.4) is 0 Å². The van der Waals surface area contributed by atoms with Crippen LogP contribution in [0, 0.1) is 0 Å². The molecule has 1 aromatic rings. The lowest BCUT2D eigenvalue weighted by molar-refractivity contribution is -0.156. The SMILES string of the molecule is CC(O)(CNC(=O)Cn1cccnc1=O)C(=O)O. The van der Waals surface area contributed by atoms with Gasteiger partial charge in [-0.25, -0.2) is 14.6 Å². The van der Waals surface area contributed by atoms with Gasteiger partial charge in [-0.1, -0.05) is 0 Å². The standard InChI is InChI=1S/C10H13N3O5/c1-10(18,8(15)16)6-12-7(14)5-13-4-2-3-11-9(13)17/h2-4,18H,5-6H2,1H3,(H,12,14)(H,15,16). The summed E-state index contributed by atoms with van der Waals surface area (Å²) in [7, 11) is 0. The van der Waals surface area contributed by atoms with Gasteiger partial charge in [-0.15, -0.1) is 0 Å². The second-order valence-corrected chi connectivity index (χ2v) is 3.89. The molecular weight excluding hydrogens is 242 g/mol. The number of hydrogen-bond donors (Lipinski definition) is 3. The molecule has 0 saturated heterocycles. The molecule has 1 heterocycles. The van der Waals surface area contributed by atoms with E-state index in [0.29, 0.717) is 0 Å². The third kappa shape index (κ3) is 3.67. The van der Waals surface area contributed by atoms with Gasteiger partial charge >= 0.3 is 11.7 Å². The average Bonchev–Trinajstić information content (AvgIpc) is 2.29. The van der Waals surface area contributed by atoms with E-state index in [1.165, 1.54) is 18.5 Å². The summed E-state index contributed by atoms with van der Waals surface area (Å²) in [6, 6.07) is 1.49. The topological polar surface area (TPSA) is 122 Å². The molecule has 8 heteroatoms. The van der Waals surface area contributed by atoms with E-state index in [9.17, 15) is 19.5 Å². The van der Waals surface area contributed by atoms with Gasteiger partial charge in [0.05, 0.1) is 6.54 Å². The van der Waals surface area contributed by atoms with Gasteiger partial charge in [0.25, 0.3) is 0 Å². The number of aliphatic hydroxyl groups is 1. The first-order valence-electron chi connectivity index (χ1n) is 5.07. The van der Waals surface area contributed by atoms with Crippen LogP contribution in [0.1, 0.15) is 6.92 Å². The average molecular weight is 255 g/mol. The van der Waals surface area contributed by atoms with E-state index in [0.717, 1.165) is 11.5 Å². The van der Waals surface area contributed by atoms with Crippen LogP contribution in [-0.4, -0.2) is 43.8 Å². The summed E-state index contributed by atoms with van der Waals surface area (Å²) < 4.78 is 1.06. The Morgan fingerprint density at radius 1 is 1.56 bits per heavy atom. The quantitative estimate of drug-likeness (QED) is 0.570. The Morgan fingerprint density at radius 3 is 2.78 bits per heavy atom. The van der Waals surface area contributed by atoms with E-state index in [-0.39, 0.29) is 6.54 Å². The number of rotatable bonds is 5. The molecule has 0 aliphatic carbocycles. The van der Waals surface area contributed by atoms with Crippen LogP contribution in [0.2, 0.25) is 0 Å². The second kappa shape index (κ2) is 5.41. The predicted molar refractivity (Wildman–Crippen MR) is 59.8 cm³/mol. The molecule has 98 valence electrons. The van der Waals surface area contributed by atoms with E-state index in [1.807, 2.05) is 0 Å². The van der Waals surface area contributed by atoms with Gasteiger partial charge in [0.1, 0.15) is 6.54 Å². The molecule has 0 fully saturated rings. The number of aromatic nitrogens is 2. The second-order valence-electron chi connectivity index (χ2n) is 3.89. The molecule has 3 N–H and O–H groups in total. The van der Waals surface area contributed by atoms with Crippen molar-refractivity contribution in [3.8, 4) is 0 Å². The smallest absolute Gasteiger partial charge is 0.347 e. The number of carboxylic acids is 1. The molecule has 0 bridgehead atoms. The molecule has 0 spiro atoms. The number of carbonyl (C=O) groups is 2. The van der Waals surface area contributed by atoms with Crippen LogP contribution in [0.25, 0.3) is 0 Å². The van der Waals surface area contributed by atoms with Gasteiger partial charge in [-0.3, -0.25) is 9.36 Å². The van der Waals surface area contributed by atoms with Crippen molar-refractivity contribution in [3.63, 3.8) is 0 Å². The van der Waals surface area contributed by atoms with E-state index in [4.69, 9.17) is 5.11 Å². The van der Waals surface area contributed by atoms with Gasteiger partial charge in [-0.2, -0.15) is 0 Å². The van der Waals surface area contributed by atoms with Gasteiger partial charge < -0.3 is 15.5 Å². The Morgan fingerprint density at radius 2 is 2.22 bits per heavy atom. The maximum atomic E-state index is 11.4. The Balaban J connectivity index is 2.56. The molecule has 0 radical (unpaired) electrons. The number of nitrogens with zero attached hydrogens (tertiary/aromatic N) is 2. The van der Waals surface area contributed by atoms with E-state index >= 15 is 0 Å². The monoisotopic (exact) mass is 255 g/mol. The lowest BCUT2D eigenvalue weighted by atomic mass is 10.1. The van der Waals surface area contributed by atoms with Crippen molar-refractivity contribution < 1.29 is 19.8 Å². The van der Waals surface area contributed by atoms with Gasteiger partial charge in [-0.05, 0) is 13.0 Å². The Bertz CT molecular complexity index is 508. The Kier molecular flexibility index (Phi) is 4.16. The zero-order valence-electron chi connectivity index (χ0n) is 9.66. The highest BCUT2D eigenvalue weighted by Crippen LogP contribution is 2.00. The molecule has 1 rings (SSSR count). The summed E-state index contributed by atoms with van der Waals surface area (Å²) in [5.74, 6) is -2.03. The molecule has 1 amide bonds. The zero-order chi connectivity index (χ0) is 13.8. The summed E-state index contributed by atoms with van der Waals surface area (Å²) in [5, 5.41) is 20.2. The minimum atomic E-state index is -2.05. The van der Waals surface area contributed by atoms with E-state index in [2.05, 4.69) is 10.3 Å². The third-order valence-electron chi connectivity index (χ3n) is 2.19. The number of hydrogen-bond acceptors (Lipinski definition) is 5. The van der Waals surface area contributed by atoms with Crippen LogP contribution in [-0.2, 0) is 16.1 Å². The lowest BCUT2D eigenvalue weighted by Gasteiger charge is -2.18. The van der Waals surface area contributed by atoms with Crippen molar-refractivity contribution in [1.29, 1.82) is 0 Å². The van der Waals surface area contributed by atoms with Crippen molar-refractivity contribution in [1.82, 2.24) is 14.9 Å². The highest BCUT2D eigenvalue weighted by molar-refractivity contribution is 5.80. The summed E-state index contributed by atoms with van der Waals surface area (Å²) in [4.78, 5) is 36.7. The van der Waals surface area contributed by atoms with Crippen molar-refractivity contribution in [2.75, 3.05) is 6.54 Å². The van der Waals surface area contributed by atoms with Gasteiger partial charge in [0.15, 0.2) is 5.60 Å². The molecule has 1 atom stereocenters. The Hall–Kier alpha value is -2.22. The van der Waals surface area contributed by atoms with Crippen molar-refractivity contribution in [2.45, 2.75) is 19.1 Å². The first kappa shape index (κ1) is 13.8. The maximum absolute atomic E-state index is 11.4. The molecular formula is C10H13N3O5. The normalized spacial score (nSPS) is 13.7. The summed E-state index contributed by atoms with van der Waals surface area (Å²) in [6.45, 7) is 0.324. The fraction of sp³-hybridized carbons (Fsp3) is 0.400. The van der Waals surface area contributed by atoms with E-state index < -0.39 is 29.7 Å². The van der Waals surface area contributed by atoms with Crippen LogP contribution in [0.15, 0.2) is 23.3 Å². The molecule has 1 unspecified atom stereocenters. The lowest BCUT2D eigenvalue weighted by Crippen LogP contribution is -2.47. The summed E-state index contributed by atoms with van der Waals surface area (Å²) >= 11 is 0. The minimum Gasteiger partial charge on any atom is -0.479 e. The molecule has 8 nitrogen and oxygen atoms in total. The Labute approximate surface area is 102 Å². The number of carbonyl (C=O) groups excluding carboxylic acids is 1. The largest absolute Gasteiger partial charge is 0.479 e. The molecule has 0 aliphatic heterocycles. The van der Waals surface area contributed by atoms with Crippen LogP contribution in [0.4, 0.5) is 0 Å². The van der Waals surface area contributed by atoms with Gasteiger partial charge in [0.2, 0.25) is 5.91 Å². The first-order valence-corrected chi connectivity index (χ1v) is 5.07. The van der Waals surface area contributed by atoms with Crippen LogP contribution >= 0.6 is 0 Å². The van der Waals surface area contributed by atoms with Crippen molar-refractivity contribution >= 4 is 11.9 Å². The fourth-order valence-electron chi connectivity index (χ4n) is 1.06. The molecule has 1 aromatic heterocycles. The van der Waals surface area contributed by atoms with Crippen molar-refractivity contribution in [2.24, 2.45) is 0 Å². The van der Waals surface area contributed by atoms with Gasteiger partial charge in [0, 0.05) is 12.4 Å². The fourth-order valence-corrected chi connectivity index (χ4v) is 1.06. The highest BCUT2D eigenvalue weighted by atomic mass is 16.4. The zero-order valence-corrected chi connectivity index (χ0v) is 9.66. The number of amides is 1. The molecule has 0 aromatic carbocycles. The highest BCUT2D eigenvalue weighted by Gasteiger charge is 2.30. The predicted octanol–water partition coefficient (Wildman–Crippen LogP) is -1.80. The van der Waals surface area contributed by atoms with E-state index in [1.54, 1.807) is 0 Å². The van der Waals surface area contributed by atoms with Crippen molar-refractivity contribution in [3.05, 3.63) is 28.9 Å². The molecule has 0 saturated carbocycles. The molecule has 18 heavy (non-hydrogen) atoms. The summed E-state index contributed by atoms with van der Waals surface area (Å²) in [5.41, 5.74) is -2.63.